The molecule has 4 heteroatoms. The maximum Gasteiger partial charge on any atom is 0.259 e. The van der Waals surface area contributed by atoms with Crippen LogP contribution in [-0.4, -0.2) is 23.9 Å². The van der Waals surface area contributed by atoms with Crippen LogP contribution in [0.5, 0.6) is 0 Å². The normalized spacial score (nSPS) is 16.0. The molecular weight excluding hydrogens is 276 g/mol. The SMILES string of the molecule is CC[C@H](C)NC(=O)[C@H](C)N1C(=O)c2cccc3cccc1c23. The first-order chi connectivity index (χ1) is 10.5. The summed E-state index contributed by atoms with van der Waals surface area (Å²) in [5.41, 5.74) is 1.50. The Kier molecular flexibility index (Phi) is 3.61. The number of rotatable bonds is 4. The molecule has 0 radical (unpaired) electrons. The molecule has 22 heavy (non-hydrogen) atoms. The van der Waals surface area contributed by atoms with Gasteiger partial charge in [0.05, 0.1) is 5.69 Å². The van der Waals surface area contributed by atoms with E-state index in [4.69, 9.17) is 0 Å². The predicted molar refractivity (Wildman–Crippen MR) is 88.1 cm³/mol. The summed E-state index contributed by atoms with van der Waals surface area (Å²) < 4.78 is 0. The maximum absolute atomic E-state index is 12.7. The molecule has 1 N–H and O–H groups in total. The van der Waals surface area contributed by atoms with Crippen molar-refractivity contribution in [3.63, 3.8) is 0 Å². The lowest BCUT2D eigenvalue weighted by atomic mass is 10.1. The van der Waals surface area contributed by atoms with Gasteiger partial charge in [0, 0.05) is 17.0 Å². The Morgan fingerprint density at radius 1 is 1.18 bits per heavy atom. The van der Waals surface area contributed by atoms with Crippen molar-refractivity contribution >= 4 is 28.3 Å². The van der Waals surface area contributed by atoms with Crippen LogP contribution in [0.15, 0.2) is 36.4 Å². The summed E-state index contributed by atoms with van der Waals surface area (Å²) in [6.45, 7) is 5.76. The average molecular weight is 296 g/mol. The summed E-state index contributed by atoms with van der Waals surface area (Å²) in [6, 6.07) is 11.1. The lowest BCUT2D eigenvalue weighted by molar-refractivity contribution is -0.122. The molecule has 0 unspecified atom stereocenters. The zero-order valence-corrected chi connectivity index (χ0v) is 13.1. The van der Waals surface area contributed by atoms with Crippen LogP contribution in [0.1, 0.15) is 37.6 Å². The van der Waals surface area contributed by atoms with Crippen LogP contribution < -0.4 is 10.2 Å². The molecule has 1 aliphatic rings. The topological polar surface area (TPSA) is 49.4 Å². The van der Waals surface area contributed by atoms with Gasteiger partial charge < -0.3 is 5.32 Å². The summed E-state index contributed by atoms with van der Waals surface area (Å²) in [5, 5.41) is 4.92. The molecule has 3 rings (SSSR count). The summed E-state index contributed by atoms with van der Waals surface area (Å²) in [6.07, 6.45) is 0.863. The van der Waals surface area contributed by atoms with Crippen molar-refractivity contribution in [1.82, 2.24) is 5.32 Å². The molecule has 1 heterocycles. The van der Waals surface area contributed by atoms with E-state index in [1.165, 1.54) is 0 Å². The quantitative estimate of drug-likeness (QED) is 0.942. The molecule has 2 aromatic carbocycles. The fourth-order valence-corrected chi connectivity index (χ4v) is 2.91. The number of benzene rings is 2. The molecule has 0 bridgehead atoms. The van der Waals surface area contributed by atoms with E-state index in [2.05, 4.69) is 5.32 Å². The van der Waals surface area contributed by atoms with Crippen molar-refractivity contribution in [2.45, 2.75) is 39.3 Å². The average Bonchev–Trinajstić information content (AvgIpc) is 2.81. The third-order valence-electron chi connectivity index (χ3n) is 4.36. The molecular formula is C18H20N2O2. The van der Waals surface area contributed by atoms with Gasteiger partial charge in [-0.15, -0.1) is 0 Å². The third kappa shape index (κ3) is 2.15. The first-order valence-electron chi connectivity index (χ1n) is 7.70. The van der Waals surface area contributed by atoms with Crippen LogP contribution in [0, 0.1) is 0 Å². The highest BCUT2D eigenvalue weighted by Crippen LogP contribution is 2.38. The van der Waals surface area contributed by atoms with E-state index in [0.717, 1.165) is 22.9 Å². The van der Waals surface area contributed by atoms with E-state index in [1.807, 2.05) is 50.2 Å². The van der Waals surface area contributed by atoms with Crippen LogP contribution in [0.25, 0.3) is 10.8 Å². The number of carbonyl (C=O) groups is 2. The number of anilines is 1. The Morgan fingerprint density at radius 3 is 2.55 bits per heavy atom. The Morgan fingerprint density at radius 2 is 1.86 bits per heavy atom. The number of hydrogen-bond donors (Lipinski definition) is 1. The predicted octanol–water partition coefficient (Wildman–Crippen LogP) is 3.10. The molecule has 0 saturated heterocycles. The van der Waals surface area contributed by atoms with E-state index < -0.39 is 6.04 Å². The van der Waals surface area contributed by atoms with Gasteiger partial charge >= 0.3 is 0 Å². The van der Waals surface area contributed by atoms with Crippen LogP contribution in [-0.2, 0) is 4.79 Å². The zero-order chi connectivity index (χ0) is 15.9. The number of amides is 2. The molecule has 0 fully saturated rings. The zero-order valence-electron chi connectivity index (χ0n) is 13.1. The lowest BCUT2D eigenvalue weighted by Crippen LogP contribution is -2.48. The fraction of sp³-hybridized carbons (Fsp3) is 0.333. The van der Waals surface area contributed by atoms with Gasteiger partial charge in [0.2, 0.25) is 5.91 Å². The molecule has 0 saturated carbocycles. The van der Waals surface area contributed by atoms with Crippen molar-refractivity contribution in [3.05, 3.63) is 42.0 Å². The highest BCUT2D eigenvalue weighted by Gasteiger charge is 2.35. The number of nitrogens with one attached hydrogen (secondary N) is 1. The van der Waals surface area contributed by atoms with Crippen molar-refractivity contribution in [3.8, 4) is 0 Å². The van der Waals surface area contributed by atoms with Crippen LogP contribution >= 0.6 is 0 Å². The van der Waals surface area contributed by atoms with Gasteiger partial charge in [-0.2, -0.15) is 0 Å². The Bertz CT molecular complexity index is 749. The molecule has 0 spiro atoms. The minimum absolute atomic E-state index is 0.0985. The van der Waals surface area contributed by atoms with Crippen molar-refractivity contribution in [2.24, 2.45) is 0 Å². The molecule has 2 atom stereocenters. The van der Waals surface area contributed by atoms with E-state index in [9.17, 15) is 9.59 Å². The van der Waals surface area contributed by atoms with Crippen molar-refractivity contribution in [2.75, 3.05) is 4.90 Å². The second-order valence-corrected chi connectivity index (χ2v) is 5.85. The van der Waals surface area contributed by atoms with E-state index in [0.29, 0.717) is 5.56 Å². The Balaban J connectivity index is 1.99. The first kappa shape index (κ1) is 14.6. The van der Waals surface area contributed by atoms with Gasteiger partial charge in [-0.05, 0) is 37.8 Å². The summed E-state index contributed by atoms with van der Waals surface area (Å²) in [4.78, 5) is 26.7. The Hall–Kier alpha value is -2.36. The van der Waals surface area contributed by atoms with Crippen LogP contribution in [0.4, 0.5) is 5.69 Å². The van der Waals surface area contributed by atoms with E-state index in [-0.39, 0.29) is 17.9 Å². The first-order valence-corrected chi connectivity index (χ1v) is 7.70. The third-order valence-corrected chi connectivity index (χ3v) is 4.36. The standard InChI is InChI=1S/C18H20N2O2/c1-4-11(2)19-17(21)12(3)20-15-10-6-8-13-7-5-9-14(16(13)15)18(20)22/h5-12H,4H2,1-3H3,(H,19,21)/t11-,12-/m0/s1. The number of nitrogens with zero attached hydrogens (tertiary/aromatic N) is 1. The lowest BCUT2D eigenvalue weighted by Gasteiger charge is -2.26. The molecule has 2 amide bonds. The van der Waals surface area contributed by atoms with Gasteiger partial charge in [0.1, 0.15) is 6.04 Å². The minimum Gasteiger partial charge on any atom is -0.352 e. The van der Waals surface area contributed by atoms with Gasteiger partial charge in [-0.3, -0.25) is 14.5 Å². The highest BCUT2D eigenvalue weighted by atomic mass is 16.2. The number of carbonyl (C=O) groups excluding carboxylic acids is 2. The number of hydrogen-bond acceptors (Lipinski definition) is 2. The van der Waals surface area contributed by atoms with Gasteiger partial charge in [-0.1, -0.05) is 31.2 Å². The molecule has 0 aromatic heterocycles. The highest BCUT2D eigenvalue weighted by molar-refractivity contribution is 6.26. The molecule has 0 aliphatic carbocycles. The molecule has 1 aliphatic heterocycles. The van der Waals surface area contributed by atoms with Gasteiger partial charge in [0.15, 0.2) is 0 Å². The second-order valence-electron chi connectivity index (χ2n) is 5.85. The van der Waals surface area contributed by atoms with Gasteiger partial charge in [-0.25, -0.2) is 0 Å². The summed E-state index contributed by atoms with van der Waals surface area (Å²) in [7, 11) is 0. The second kappa shape index (κ2) is 5.44. The Labute approximate surface area is 130 Å². The smallest absolute Gasteiger partial charge is 0.259 e. The van der Waals surface area contributed by atoms with Crippen molar-refractivity contribution in [1.29, 1.82) is 0 Å². The van der Waals surface area contributed by atoms with Gasteiger partial charge in [0.25, 0.3) is 5.91 Å². The van der Waals surface area contributed by atoms with E-state index in [1.54, 1.807) is 11.8 Å². The monoisotopic (exact) mass is 296 g/mol. The van der Waals surface area contributed by atoms with Crippen molar-refractivity contribution < 1.29 is 9.59 Å². The summed E-state index contributed by atoms with van der Waals surface area (Å²) in [5.74, 6) is -0.217. The molecule has 4 nitrogen and oxygen atoms in total. The fourth-order valence-electron chi connectivity index (χ4n) is 2.91. The van der Waals surface area contributed by atoms with Crippen LogP contribution in [0.3, 0.4) is 0 Å². The molecule has 114 valence electrons. The molecule has 2 aromatic rings. The summed E-state index contributed by atoms with van der Waals surface area (Å²) >= 11 is 0. The van der Waals surface area contributed by atoms with E-state index >= 15 is 0 Å². The largest absolute Gasteiger partial charge is 0.352 e. The minimum atomic E-state index is -0.528. The van der Waals surface area contributed by atoms with Crippen LogP contribution in [0.2, 0.25) is 0 Å². The maximum atomic E-state index is 12.7.